The molecule has 4 rings (SSSR count). The van der Waals surface area contributed by atoms with Crippen LogP contribution >= 0.6 is 11.3 Å². The summed E-state index contributed by atoms with van der Waals surface area (Å²) in [7, 11) is 0. The van der Waals surface area contributed by atoms with Gasteiger partial charge in [-0.05, 0) is 24.3 Å². The summed E-state index contributed by atoms with van der Waals surface area (Å²) in [5.41, 5.74) is 1.93. The van der Waals surface area contributed by atoms with Gasteiger partial charge in [0.2, 0.25) is 0 Å². The van der Waals surface area contributed by atoms with E-state index >= 15 is 0 Å². The summed E-state index contributed by atoms with van der Waals surface area (Å²) >= 11 is 1.54. The van der Waals surface area contributed by atoms with Crippen molar-refractivity contribution in [2.75, 3.05) is 0 Å². The standard InChI is InChI=1S/C15H11FN4OS/c16-10-1-2-12-9(5-10)6-13(19-12)14(21)17-7-11-8-20-3-4-22-15(20)18-11/h1-6,8,19H,7H2,(H,17,21). The first-order valence-electron chi connectivity index (χ1n) is 6.66. The number of hydrogen-bond donors (Lipinski definition) is 2. The van der Waals surface area contributed by atoms with Crippen LogP contribution in [0.2, 0.25) is 0 Å². The molecule has 0 saturated carbocycles. The van der Waals surface area contributed by atoms with Gasteiger partial charge in [0.1, 0.15) is 11.5 Å². The zero-order valence-electron chi connectivity index (χ0n) is 11.3. The Morgan fingerprint density at radius 3 is 3.18 bits per heavy atom. The van der Waals surface area contributed by atoms with E-state index in [1.54, 1.807) is 23.5 Å². The number of benzene rings is 1. The quantitative estimate of drug-likeness (QED) is 0.611. The maximum absolute atomic E-state index is 13.2. The van der Waals surface area contributed by atoms with Crippen molar-refractivity contribution in [3.63, 3.8) is 0 Å². The van der Waals surface area contributed by atoms with Gasteiger partial charge in [0.05, 0.1) is 12.2 Å². The van der Waals surface area contributed by atoms with Crippen LogP contribution in [0, 0.1) is 5.82 Å². The molecule has 110 valence electrons. The van der Waals surface area contributed by atoms with E-state index in [0.717, 1.165) is 16.2 Å². The Bertz CT molecular complexity index is 955. The molecule has 0 atom stereocenters. The maximum Gasteiger partial charge on any atom is 0.268 e. The van der Waals surface area contributed by atoms with Crippen LogP contribution in [0.1, 0.15) is 16.2 Å². The highest BCUT2D eigenvalue weighted by molar-refractivity contribution is 7.15. The molecule has 22 heavy (non-hydrogen) atoms. The van der Waals surface area contributed by atoms with Gasteiger partial charge < -0.3 is 10.3 Å². The maximum atomic E-state index is 13.2. The highest BCUT2D eigenvalue weighted by Crippen LogP contribution is 2.17. The zero-order valence-corrected chi connectivity index (χ0v) is 12.2. The number of aromatic amines is 1. The first-order chi connectivity index (χ1) is 10.7. The number of fused-ring (bicyclic) bond motifs is 2. The van der Waals surface area contributed by atoms with Crippen molar-refractivity contribution >= 4 is 33.1 Å². The predicted octanol–water partition coefficient (Wildman–Crippen LogP) is 2.95. The Labute approximate surface area is 128 Å². The highest BCUT2D eigenvalue weighted by Gasteiger charge is 2.11. The molecule has 4 aromatic rings. The van der Waals surface area contributed by atoms with Gasteiger partial charge in [-0.15, -0.1) is 11.3 Å². The molecule has 5 nitrogen and oxygen atoms in total. The Hall–Kier alpha value is -2.67. The lowest BCUT2D eigenvalue weighted by atomic mass is 10.2. The Morgan fingerprint density at radius 1 is 1.41 bits per heavy atom. The lowest BCUT2D eigenvalue weighted by molar-refractivity contribution is 0.0946. The Kier molecular flexibility index (Phi) is 2.93. The molecule has 0 unspecified atom stereocenters. The molecule has 2 N–H and O–H groups in total. The number of imidazole rings is 1. The fourth-order valence-corrected chi connectivity index (χ4v) is 3.07. The molecule has 3 heterocycles. The zero-order chi connectivity index (χ0) is 15.1. The third-order valence-corrected chi connectivity index (χ3v) is 4.17. The van der Waals surface area contributed by atoms with Crippen LogP contribution in [0.4, 0.5) is 4.39 Å². The molecule has 1 aromatic carbocycles. The molecular formula is C15H11FN4OS. The van der Waals surface area contributed by atoms with E-state index in [1.807, 2.05) is 22.2 Å². The molecule has 7 heteroatoms. The van der Waals surface area contributed by atoms with Gasteiger partial charge in [-0.25, -0.2) is 9.37 Å². The summed E-state index contributed by atoms with van der Waals surface area (Å²) in [6, 6.07) is 6.01. The summed E-state index contributed by atoms with van der Waals surface area (Å²) in [5, 5.41) is 5.43. The van der Waals surface area contributed by atoms with Crippen molar-refractivity contribution in [3.8, 4) is 0 Å². The first-order valence-corrected chi connectivity index (χ1v) is 7.54. The van der Waals surface area contributed by atoms with Crippen molar-refractivity contribution in [2.24, 2.45) is 0 Å². The minimum absolute atomic E-state index is 0.243. The number of carbonyl (C=O) groups excluding carboxylic acids is 1. The second-order valence-corrected chi connectivity index (χ2v) is 5.80. The molecule has 0 radical (unpaired) electrons. The normalized spacial score (nSPS) is 11.3. The Balaban J connectivity index is 1.51. The lowest BCUT2D eigenvalue weighted by Crippen LogP contribution is -2.23. The van der Waals surface area contributed by atoms with Crippen molar-refractivity contribution in [2.45, 2.75) is 6.54 Å². The third-order valence-electron chi connectivity index (χ3n) is 3.40. The topological polar surface area (TPSA) is 62.2 Å². The summed E-state index contributed by atoms with van der Waals surface area (Å²) in [4.78, 5) is 20.4. The number of aromatic nitrogens is 3. The Morgan fingerprint density at radius 2 is 2.32 bits per heavy atom. The summed E-state index contributed by atoms with van der Waals surface area (Å²) in [6.07, 6.45) is 3.80. The van der Waals surface area contributed by atoms with Crippen LogP contribution in [0.15, 0.2) is 42.0 Å². The van der Waals surface area contributed by atoms with Crippen LogP contribution in [0.3, 0.4) is 0 Å². The van der Waals surface area contributed by atoms with E-state index in [4.69, 9.17) is 0 Å². The van der Waals surface area contributed by atoms with E-state index < -0.39 is 0 Å². The second-order valence-electron chi connectivity index (χ2n) is 4.92. The van der Waals surface area contributed by atoms with Crippen molar-refractivity contribution in [1.29, 1.82) is 0 Å². The van der Waals surface area contributed by atoms with Gasteiger partial charge in [0.15, 0.2) is 4.96 Å². The fourth-order valence-electron chi connectivity index (χ4n) is 2.35. The van der Waals surface area contributed by atoms with Crippen molar-refractivity contribution in [1.82, 2.24) is 19.7 Å². The number of rotatable bonds is 3. The van der Waals surface area contributed by atoms with Crippen LogP contribution in [-0.4, -0.2) is 20.3 Å². The average molecular weight is 314 g/mol. The number of hydrogen-bond acceptors (Lipinski definition) is 3. The molecular weight excluding hydrogens is 303 g/mol. The molecule has 0 bridgehead atoms. The van der Waals surface area contributed by atoms with Crippen LogP contribution in [0.5, 0.6) is 0 Å². The highest BCUT2D eigenvalue weighted by atomic mass is 32.1. The molecule has 0 saturated heterocycles. The van der Waals surface area contributed by atoms with Crippen LogP contribution in [-0.2, 0) is 6.54 Å². The summed E-state index contributed by atoms with van der Waals surface area (Å²) in [5.74, 6) is -0.565. The molecule has 0 fully saturated rings. The number of nitrogens with zero attached hydrogens (tertiary/aromatic N) is 2. The van der Waals surface area contributed by atoms with Crippen molar-refractivity contribution in [3.05, 3.63) is 59.2 Å². The van der Waals surface area contributed by atoms with E-state index in [9.17, 15) is 9.18 Å². The minimum Gasteiger partial charge on any atom is -0.351 e. The van der Waals surface area contributed by atoms with E-state index in [2.05, 4.69) is 15.3 Å². The lowest BCUT2D eigenvalue weighted by Gasteiger charge is -2.00. The van der Waals surface area contributed by atoms with E-state index in [1.165, 1.54) is 12.1 Å². The van der Waals surface area contributed by atoms with Gasteiger partial charge in [0.25, 0.3) is 5.91 Å². The number of nitrogens with one attached hydrogen (secondary N) is 2. The number of carbonyl (C=O) groups is 1. The summed E-state index contributed by atoms with van der Waals surface area (Å²) < 4.78 is 15.1. The van der Waals surface area contributed by atoms with Crippen LogP contribution in [0.25, 0.3) is 15.9 Å². The average Bonchev–Trinajstić information content (AvgIpc) is 3.17. The smallest absolute Gasteiger partial charge is 0.268 e. The fraction of sp³-hybridized carbons (Fsp3) is 0.0667. The minimum atomic E-state index is -0.323. The number of halogens is 1. The molecule has 0 aliphatic rings. The number of H-pyrrole nitrogens is 1. The predicted molar refractivity (Wildman–Crippen MR) is 82.5 cm³/mol. The van der Waals surface area contributed by atoms with Gasteiger partial charge in [0, 0.05) is 28.7 Å². The molecule has 0 spiro atoms. The van der Waals surface area contributed by atoms with Crippen molar-refractivity contribution < 1.29 is 9.18 Å². The van der Waals surface area contributed by atoms with Gasteiger partial charge in [-0.1, -0.05) is 0 Å². The van der Waals surface area contributed by atoms with Gasteiger partial charge >= 0.3 is 0 Å². The SMILES string of the molecule is O=C(NCc1cn2ccsc2n1)c1cc2cc(F)ccc2[nH]1. The molecule has 0 aliphatic carbocycles. The molecule has 3 aromatic heterocycles. The first kappa shape index (κ1) is 13.0. The third kappa shape index (κ3) is 2.25. The van der Waals surface area contributed by atoms with E-state index in [-0.39, 0.29) is 11.7 Å². The van der Waals surface area contributed by atoms with E-state index in [0.29, 0.717) is 17.6 Å². The summed E-state index contributed by atoms with van der Waals surface area (Å²) in [6.45, 7) is 0.344. The van der Waals surface area contributed by atoms with Gasteiger partial charge in [-0.3, -0.25) is 9.20 Å². The number of thiazole rings is 1. The monoisotopic (exact) mass is 314 g/mol. The number of amides is 1. The molecule has 0 aliphatic heterocycles. The molecule has 1 amide bonds. The van der Waals surface area contributed by atoms with Crippen LogP contribution < -0.4 is 5.32 Å². The largest absolute Gasteiger partial charge is 0.351 e. The van der Waals surface area contributed by atoms with Gasteiger partial charge in [-0.2, -0.15) is 0 Å². The second kappa shape index (κ2) is 4.96.